The first-order chi connectivity index (χ1) is 16.4. The van der Waals surface area contributed by atoms with Gasteiger partial charge in [-0.3, -0.25) is 19.6 Å². The fourth-order valence-corrected chi connectivity index (χ4v) is 7.11. The van der Waals surface area contributed by atoms with Crippen molar-refractivity contribution in [3.05, 3.63) is 47.9 Å². The van der Waals surface area contributed by atoms with E-state index in [0.717, 1.165) is 55.7 Å². The fourth-order valence-electron chi connectivity index (χ4n) is 7.11. The standard InChI is InChI=1S/C25H30N4O2.CO2/c1-15-12-26-13-23(27-15)29-20-6-4-3-5-19(20)25(24(29)31)9-10-28-14-17-7-8-21(30)16(2)18(17)11-22(25)28;2-1-3/h3-6,12-13,16-18,21-22,30H,7-11,14H2,1-2H3;/t16-,17+,18-,21+,22+,25+;/m1./s1. The van der Waals surface area contributed by atoms with Crippen LogP contribution in [0.15, 0.2) is 36.7 Å². The topological polar surface area (TPSA) is 104 Å². The number of nitrogens with zero attached hydrogens (tertiary/aromatic N) is 4. The first kappa shape index (κ1) is 22.8. The number of carbonyl (C=O) groups excluding carboxylic acids is 3. The van der Waals surface area contributed by atoms with Crippen molar-refractivity contribution >= 4 is 23.6 Å². The Morgan fingerprint density at radius 2 is 1.94 bits per heavy atom. The summed E-state index contributed by atoms with van der Waals surface area (Å²) in [5, 5.41) is 10.5. The number of anilines is 2. The van der Waals surface area contributed by atoms with Crippen molar-refractivity contribution in [2.45, 2.75) is 57.1 Å². The Labute approximate surface area is 199 Å². The van der Waals surface area contributed by atoms with Gasteiger partial charge in [-0.05, 0) is 68.5 Å². The summed E-state index contributed by atoms with van der Waals surface area (Å²) in [6.07, 6.45) is 7.30. The molecule has 3 fully saturated rings. The van der Waals surface area contributed by atoms with Crippen molar-refractivity contribution in [3.8, 4) is 0 Å². The molecule has 4 heterocycles. The normalized spacial score (nSPS) is 34.0. The molecule has 0 radical (unpaired) electrons. The smallest absolute Gasteiger partial charge is 0.373 e. The second kappa shape index (κ2) is 8.69. The number of benzene rings is 1. The van der Waals surface area contributed by atoms with Gasteiger partial charge in [0.05, 0.1) is 29.1 Å². The van der Waals surface area contributed by atoms with Crippen LogP contribution in [-0.2, 0) is 19.8 Å². The third-order valence-electron chi connectivity index (χ3n) is 8.67. The lowest BCUT2D eigenvalue weighted by Gasteiger charge is -2.50. The van der Waals surface area contributed by atoms with E-state index in [9.17, 15) is 9.90 Å². The van der Waals surface area contributed by atoms with Crippen molar-refractivity contribution in [2.75, 3.05) is 18.0 Å². The van der Waals surface area contributed by atoms with E-state index >= 15 is 0 Å². The summed E-state index contributed by atoms with van der Waals surface area (Å²) < 4.78 is 0. The minimum atomic E-state index is -0.533. The Morgan fingerprint density at radius 3 is 2.71 bits per heavy atom. The number of hydrogen-bond acceptors (Lipinski definition) is 7. The van der Waals surface area contributed by atoms with Crippen LogP contribution in [0.3, 0.4) is 0 Å². The summed E-state index contributed by atoms with van der Waals surface area (Å²) in [6.45, 7) is 6.12. The Bertz CT molecular complexity index is 1130. The number of amides is 1. The number of para-hydroxylation sites is 1. The average molecular weight is 463 g/mol. The minimum Gasteiger partial charge on any atom is -0.393 e. The maximum atomic E-state index is 14.2. The molecule has 34 heavy (non-hydrogen) atoms. The Hall–Kier alpha value is -2.93. The lowest BCUT2D eigenvalue weighted by atomic mass is 9.62. The first-order valence-electron chi connectivity index (χ1n) is 12.1. The fraction of sp³-hybridized carbons (Fsp3) is 0.538. The van der Waals surface area contributed by atoms with Crippen molar-refractivity contribution in [2.24, 2.45) is 17.8 Å². The molecule has 1 aromatic heterocycles. The molecule has 178 valence electrons. The van der Waals surface area contributed by atoms with E-state index < -0.39 is 5.41 Å². The Morgan fingerprint density at radius 1 is 1.18 bits per heavy atom. The minimum absolute atomic E-state index is 0.142. The van der Waals surface area contributed by atoms with Crippen LogP contribution in [0.4, 0.5) is 11.5 Å². The van der Waals surface area contributed by atoms with E-state index in [4.69, 9.17) is 9.59 Å². The lowest BCUT2D eigenvalue weighted by molar-refractivity contribution is -0.191. The van der Waals surface area contributed by atoms with E-state index in [-0.39, 0.29) is 24.2 Å². The van der Waals surface area contributed by atoms with Crippen LogP contribution in [-0.4, -0.2) is 57.3 Å². The highest BCUT2D eigenvalue weighted by molar-refractivity contribution is 6.13. The predicted molar refractivity (Wildman–Crippen MR) is 123 cm³/mol. The quantitative estimate of drug-likeness (QED) is 0.695. The molecule has 6 rings (SSSR count). The molecular formula is C26H30N4O4. The highest BCUT2D eigenvalue weighted by Crippen LogP contribution is 2.57. The monoisotopic (exact) mass is 462 g/mol. The van der Waals surface area contributed by atoms with Crippen LogP contribution in [0.5, 0.6) is 0 Å². The highest BCUT2D eigenvalue weighted by atomic mass is 16.3. The molecule has 4 aliphatic rings. The maximum absolute atomic E-state index is 14.2. The van der Waals surface area contributed by atoms with Gasteiger partial charge in [-0.2, -0.15) is 9.59 Å². The summed E-state index contributed by atoms with van der Waals surface area (Å²) >= 11 is 0. The van der Waals surface area contributed by atoms with Crippen molar-refractivity contribution in [3.63, 3.8) is 0 Å². The van der Waals surface area contributed by atoms with Crippen LogP contribution in [0, 0.1) is 24.7 Å². The summed E-state index contributed by atoms with van der Waals surface area (Å²) in [6, 6.07) is 8.43. The van der Waals surface area contributed by atoms with E-state index in [0.29, 0.717) is 23.6 Å². The number of carbonyl (C=O) groups is 1. The van der Waals surface area contributed by atoms with Crippen molar-refractivity contribution in [1.82, 2.24) is 14.9 Å². The van der Waals surface area contributed by atoms with Gasteiger partial charge in [-0.1, -0.05) is 25.1 Å². The third kappa shape index (κ3) is 3.32. The van der Waals surface area contributed by atoms with Gasteiger partial charge >= 0.3 is 6.15 Å². The van der Waals surface area contributed by atoms with Crippen molar-refractivity contribution < 1.29 is 19.5 Å². The largest absolute Gasteiger partial charge is 0.393 e. The van der Waals surface area contributed by atoms with Gasteiger partial charge in [0.2, 0.25) is 5.91 Å². The molecule has 1 saturated carbocycles. The van der Waals surface area contributed by atoms with E-state index in [1.165, 1.54) is 0 Å². The second-order valence-electron chi connectivity index (χ2n) is 10.2. The van der Waals surface area contributed by atoms with E-state index in [1.807, 2.05) is 24.0 Å². The number of rotatable bonds is 1. The van der Waals surface area contributed by atoms with Crippen LogP contribution < -0.4 is 4.90 Å². The first-order valence-corrected chi connectivity index (χ1v) is 12.1. The predicted octanol–water partition coefficient (Wildman–Crippen LogP) is 2.62. The van der Waals surface area contributed by atoms with Gasteiger partial charge in [-0.15, -0.1) is 0 Å². The summed E-state index contributed by atoms with van der Waals surface area (Å²) in [7, 11) is 0. The number of aromatic nitrogens is 2. The summed E-state index contributed by atoms with van der Waals surface area (Å²) in [4.78, 5) is 43.8. The van der Waals surface area contributed by atoms with Gasteiger partial charge in [0.25, 0.3) is 0 Å². The molecule has 1 N–H and O–H groups in total. The molecule has 0 unspecified atom stereocenters. The van der Waals surface area contributed by atoms with Gasteiger partial charge in [0.15, 0.2) is 5.82 Å². The van der Waals surface area contributed by atoms with Crippen LogP contribution in [0.1, 0.15) is 43.9 Å². The number of aliphatic hydroxyl groups excluding tert-OH is 1. The number of piperidine rings is 1. The molecule has 1 amide bonds. The summed E-state index contributed by atoms with van der Waals surface area (Å²) in [5.41, 5.74) is 2.36. The van der Waals surface area contributed by atoms with E-state index in [2.05, 4.69) is 33.9 Å². The van der Waals surface area contributed by atoms with Gasteiger partial charge in [0, 0.05) is 18.8 Å². The second-order valence-corrected chi connectivity index (χ2v) is 10.2. The zero-order chi connectivity index (χ0) is 24.0. The zero-order valence-electron chi connectivity index (χ0n) is 19.6. The number of hydrogen-bond donors (Lipinski definition) is 1. The van der Waals surface area contributed by atoms with Crippen LogP contribution in [0.25, 0.3) is 0 Å². The van der Waals surface area contributed by atoms with Crippen LogP contribution in [0.2, 0.25) is 0 Å². The third-order valence-corrected chi connectivity index (χ3v) is 8.67. The molecule has 2 aromatic rings. The van der Waals surface area contributed by atoms with E-state index in [1.54, 1.807) is 12.4 Å². The molecule has 1 aromatic carbocycles. The molecule has 1 aliphatic carbocycles. The Balaban J connectivity index is 0.000000764. The SMILES string of the molecule is Cc1cncc(N2C(=O)[C@@]3(CCN4C[C@@H]5CC[C@H](O)[C@H](C)[C@H]5C[C@H]43)c3ccccc32)n1.O=C=O. The molecular weight excluding hydrogens is 432 g/mol. The average Bonchev–Trinajstić information content (AvgIpc) is 3.32. The maximum Gasteiger partial charge on any atom is 0.373 e. The van der Waals surface area contributed by atoms with Crippen molar-refractivity contribution in [1.29, 1.82) is 0 Å². The van der Waals surface area contributed by atoms with Gasteiger partial charge < -0.3 is 5.11 Å². The molecule has 8 nitrogen and oxygen atoms in total. The zero-order valence-corrected chi connectivity index (χ0v) is 19.6. The lowest BCUT2D eigenvalue weighted by Crippen LogP contribution is -2.56. The molecule has 1 spiro atoms. The number of aliphatic hydroxyl groups is 1. The Kier molecular flexibility index (Phi) is 5.84. The molecule has 6 atom stereocenters. The van der Waals surface area contributed by atoms with Gasteiger partial charge in [0.1, 0.15) is 0 Å². The number of aryl methyl sites for hydroxylation is 1. The highest BCUT2D eigenvalue weighted by Gasteiger charge is 2.62. The molecule has 0 bridgehead atoms. The summed E-state index contributed by atoms with van der Waals surface area (Å²) in [5.74, 6) is 2.17. The van der Waals surface area contributed by atoms with Crippen LogP contribution >= 0.6 is 0 Å². The van der Waals surface area contributed by atoms with Gasteiger partial charge in [-0.25, -0.2) is 4.98 Å². The molecule has 3 aliphatic heterocycles. The number of fused-ring (bicyclic) bond motifs is 5. The molecule has 8 heteroatoms. The molecule has 2 saturated heterocycles.